The molecule has 0 aliphatic carbocycles. The van der Waals surface area contributed by atoms with E-state index in [4.69, 9.17) is 0 Å². The van der Waals surface area contributed by atoms with Gasteiger partial charge in [0.05, 0.1) is 4.90 Å². The van der Waals surface area contributed by atoms with Crippen LogP contribution in [0.15, 0.2) is 4.90 Å². The van der Waals surface area contributed by atoms with E-state index in [1.807, 2.05) is 20.8 Å². The first-order chi connectivity index (χ1) is 9.50. The lowest BCUT2D eigenvalue weighted by molar-refractivity contribution is 0.602. The molecule has 0 spiro atoms. The molecule has 0 aliphatic heterocycles. The third kappa shape index (κ3) is 2.18. The second kappa shape index (κ2) is 4.84. The van der Waals surface area contributed by atoms with Crippen molar-refractivity contribution >= 4 is 20.6 Å². The quantitative estimate of drug-likeness (QED) is 0.782. The van der Waals surface area contributed by atoms with Gasteiger partial charge >= 0.3 is 0 Å². The molecule has 21 heavy (non-hydrogen) atoms. The van der Waals surface area contributed by atoms with Gasteiger partial charge in [0.1, 0.15) is 0 Å². The van der Waals surface area contributed by atoms with Gasteiger partial charge in [-0.05, 0) is 92.8 Å². The number of aryl methyl sites for hydroxylation is 3. The van der Waals surface area contributed by atoms with Gasteiger partial charge in [0, 0.05) is 11.6 Å². The molecule has 0 saturated carbocycles. The maximum atomic E-state index is 12.4. The van der Waals surface area contributed by atoms with E-state index in [0.717, 1.165) is 27.5 Å². The summed E-state index contributed by atoms with van der Waals surface area (Å²) in [5, 5.41) is 2.03. The van der Waals surface area contributed by atoms with Gasteiger partial charge in [-0.3, -0.25) is 0 Å². The third-order valence-electron chi connectivity index (χ3n) is 5.13. The molecule has 0 saturated heterocycles. The minimum Gasteiger partial charge on any atom is -0.224 e. The fourth-order valence-electron chi connectivity index (χ4n) is 3.36. The first-order valence-electron chi connectivity index (χ1n) is 7.20. The van der Waals surface area contributed by atoms with Crippen LogP contribution in [-0.2, 0) is 9.84 Å². The highest BCUT2D eigenvalue weighted by Crippen LogP contribution is 2.39. The van der Waals surface area contributed by atoms with Crippen molar-refractivity contribution in [2.75, 3.05) is 6.26 Å². The molecule has 0 aliphatic rings. The number of hydrogen-bond acceptors (Lipinski definition) is 2. The lowest BCUT2D eigenvalue weighted by atomic mass is 9.86. The van der Waals surface area contributed by atoms with E-state index in [0.29, 0.717) is 4.90 Å². The maximum Gasteiger partial charge on any atom is 0.176 e. The Morgan fingerprint density at radius 1 is 0.524 bits per heavy atom. The van der Waals surface area contributed by atoms with Gasteiger partial charge in [-0.25, -0.2) is 8.42 Å². The van der Waals surface area contributed by atoms with Gasteiger partial charge in [-0.15, -0.1) is 0 Å². The molecule has 0 unspecified atom stereocenters. The summed E-state index contributed by atoms with van der Waals surface area (Å²) < 4.78 is 24.8. The minimum atomic E-state index is -3.27. The van der Waals surface area contributed by atoms with Crippen LogP contribution >= 0.6 is 0 Å². The van der Waals surface area contributed by atoms with E-state index in [-0.39, 0.29) is 0 Å². The van der Waals surface area contributed by atoms with Crippen LogP contribution in [0.2, 0.25) is 0 Å². The van der Waals surface area contributed by atoms with Gasteiger partial charge in [-0.2, -0.15) is 0 Å². The molecular weight excluding hydrogens is 280 g/mol. The highest BCUT2D eigenvalue weighted by Gasteiger charge is 2.23. The second-order valence-electron chi connectivity index (χ2n) is 6.23. The Morgan fingerprint density at radius 3 is 1.24 bits per heavy atom. The molecule has 3 heteroatoms. The predicted molar refractivity (Wildman–Crippen MR) is 90.2 cm³/mol. The molecule has 2 rings (SSSR count). The third-order valence-corrected chi connectivity index (χ3v) is 6.38. The fourth-order valence-corrected chi connectivity index (χ4v) is 4.69. The first-order valence-corrected chi connectivity index (χ1v) is 9.09. The predicted octanol–water partition coefficient (Wildman–Crippen LogP) is 4.40. The second-order valence-corrected chi connectivity index (χ2v) is 8.18. The summed E-state index contributed by atoms with van der Waals surface area (Å²) in [6.45, 7) is 14.4. The standard InChI is InChI=1S/C18H24O2S/c1-9-10(2)14(6)17-16(12(9)4)13(5)11(3)15(7)18(17)21(8,19)20/h1-8H3. The van der Waals surface area contributed by atoms with E-state index in [9.17, 15) is 8.42 Å². The Hall–Kier alpha value is -1.35. The Morgan fingerprint density at radius 2 is 0.857 bits per heavy atom. The molecule has 2 nitrogen and oxygen atoms in total. The van der Waals surface area contributed by atoms with Gasteiger partial charge < -0.3 is 0 Å². The maximum absolute atomic E-state index is 12.4. The normalized spacial score (nSPS) is 12.2. The lowest BCUT2D eigenvalue weighted by Crippen LogP contribution is -2.08. The lowest BCUT2D eigenvalue weighted by Gasteiger charge is -2.22. The molecule has 2 aromatic rings. The van der Waals surface area contributed by atoms with Crippen LogP contribution in [0.1, 0.15) is 38.9 Å². The molecule has 0 atom stereocenters. The molecule has 2 aromatic carbocycles. The van der Waals surface area contributed by atoms with Gasteiger partial charge in [0.25, 0.3) is 0 Å². The highest BCUT2D eigenvalue weighted by atomic mass is 32.2. The Labute approximate surface area is 128 Å². The molecule has 0 heterocycles. The van der Waals surface area contributed by atoms with Crippen LogP contribution in [0.4, 0.5) is 0 Å². The zero-order chi connectivity index (χ0) is 16.3. The SMILES string of the molecule is Cc1c(C)c(C)c2c(S(C)(=O)=O)c(C)c(C)c(C)c2c1C. The van der Waals surface area contributed by atoms with Crippen molar-refractivity contribution in [3.63, 3.8) is 0 Å². The van der Waals surface area contributed by atoms with Crippen LogP contribution in [0.25, 0.3) is 10.8 Å². The van der Waals surface area contributed by atoms with Gasteiger partial charge in [-0.1, -0.05) is 0 Å². The first kappa shape index (κ1) is 16.0. The average Bonchev–Trinajstić information content (AvgIpc) is 2.38. The van der Waals surface area contributed by atoms with Crippen molar-refractivity contribution in [2.24, 2.45) is 0 Å². The number of sulfone groups is 1. The van der Waals surface area contributed by atoms with E-state index in [1.165, 1.54) is 28.5 Å². The summed E-state index contributed by atoms with van der Waals surface area (Å²) in [6.07, 6.45) is 1.31. The fraction of sp³-hybridized carbons (Fsp3) is 0.444. The van der Waals surface area contributed by atoms with Crippen molar-refractivity contribution in [1.82, 2.24) is 0 Å². The average molecular weight is 304 g/mol. The van der Waals surface area contributed by atoms with Crippen molar-refractivity contribution in [1.29, 1.82) is 0 Å². The summed E-state index contributed by atoms with van der Waals surface area (Å²) in [4.78, 5) is 0.504. The summed E-state index contributed by atoms with van der Waals surface area (Å²) in [7, 11) is -3.27. The molecule has 0 radical (unpaired) electrons. The molecule has 0 N–H and O–H groups in total. The van der Waals surface area contributed by atoms with Crippen LogP contribution in [0.5, 0.6) is 0 Å². The summed E-state index contributed by atoms with van der Waals surface area (Å²) in [6, 6.07) is 0. The largest absolute Gasteiger partial charge is 0.224 e. The van der Waals surface area contributed by atoms with Crippen molar-refractivity contribution in [3.05, 3.63) is 38.9 Å². The Balaban J connectivity index is 3.35. The zero-order valence-corrected chi connectivity index (χ0v) is 15.0. The molecule has 0 aromatic heterocycles. The van der Waals surface area contributed by atoms with E-state index < -0.39 is 9.84 Å². The van der Waals surface area contributed by atoms with Gasteiger partial charge in [0.15, 0.2) is 9.84 Å². The minimum absolute atomic E-state index is 0.504. The van der Waals surface area contributed by atoms with Crippen LogP contribution in [0, 0.1) is 48.5 Å². The molecule has 114 valence electrons. The smallest absolute Gasteiger partial charge is 0.176 e. The molecule has 0 amide bonds. The van der Waals surface area contributed by atoms with Crippen LogP contribution in [0.3, 0.4) is 0 Å². The van der Waals surface area contributed by atoms with Crippen molar-refractivity contribution < 1.29 is 8.42 Å². The summed E-state index contributed by atoms with van der Waals surface area (Å²) in [5.74, 6) is 0. The molecule has 0 bridgehead atoms. The summed E-state index contributed by atoms with van der Waals surface area (Å²) in [5.41, 5.74) is 7.87. The van der Waals surface area contributed by atoms with Crippen molar-refractivity contribution in [2.45, 2.75) is 53.4 Å². The number of rotatable bonds is 1. The number of benzene rings is 2. The monoisotopic (exact) mass is 304 g/mol. The van der Waals surface area contributed by atoms with E-state index in [2.05, 4.69) is 27.7 Å². The molecular formula is C18H24O2S. The Bertz CT molecular complexity index is 864. The topological polar surface area (TPSA) is 34.1 Å². The zero-order valence-electron chi connectivity index (χ0n) is 14.2. The van der Waals surface area contributed by atoms with Crippen LogP contribution < -0.4 is 0 Å². The van der Waals surface area contributed by atoms with E-state index >= 15 is 0 Å². The van der Waals surface area contributed by atoms with Crippen molar-refractivity contribution in [3.8, 4) is 0 Å². The molecule has 0 fully saturated rings. The number of fused-ring (bicyclic) bond motifs is 1. The van der Waals surface area contributed by atoms with Crippen LogP contribution in [-0.4, -0.2) is 14.7 Å². The Kier molecular flexibility index (Phi) is 3.69. The highest BCUT2D eigenvalue weighted by molar-refractivity contribution is 7.91. The van der Waals surface area contributed by atoms with Gasteiger partial charge in [0.2, 0.25) is 0 Å². The summed E-state index contributed by atoms with van der Waals surface area (Å²) >= 11 is 0. The number of hydrogen-bond donors (Lipinski definition) is 0. The van der Waals surface area contributed by atoms with E-state index in [1.54, 1.807) is 0 Å².